The molecule has 114 valence electrons. The summed E-state index contributed by atoms with van der Waals surface area (Å²) in [6, 6.07) is 9.29. The van der Waals surface area contributed by atoms with Gasteiger partial charge >= 0.3 is 0 Å². The number of hydrogen-bond acceptors (Lipinski definition) is 3. The van der Waals surface area contributed by atoms with Gasteiger partial charge in [0.05, 0.1) is 12.4 Å². The molecule has 4 nitrogen and oxygen atoms in total. The van der Waals surface area contributed by atoms with Crippen LogP contribution in [0.1, 0.15) is 18.4 Å². The molecule has 1 aliphatic rings. The highest BCUT2D eigenvalue weighted by Crippen LogP contribution is 2.21. The van der Waals surface area contributed by atoms with E-state index < -0.39 is 10.0 Å². The lowest BCUT2D eigenvalue weighted by Gasteiger charge is -2.31. The van der Waals surface area contributed by atoms with Crippen LogP contribution in [0.5, 0.6) is 0 Å². The van der Waals surface area contributed by atoms with Gasteiger partial charge in [-0.15, -0.1) is 6.42 Å². The van der Waals surface area contributed by atoms with Crippen LogP contribution in [0, 0.1) is 18.3 Å². The van der Waals surface area contributed by atoms with Crippen molar-refractivity contribution in [2.24, 2.45) is 5.92 Å². The van der Waals surface area contributed by atoms with Gasteiger partial charge in [0.1, 0.15) is 6.61 Å². The molecule has 1 aliphatic heterocycles. The van der Waals surface area contributed by atoms with Crippen LogP contribution in [-0.4, -0.2) is 39.0 Å². The zero-order chi connectivity index (χ0) is 15.1. The highest BCUT2D eigenvalue weighted by molar-refractivity contribution is 7.88. The first-order chi connectivity index (χ1) is 10.1. The van der Waals surface area contributed by atoms with Crippen LogP contribution in [0.4, 0.5) is 0 Å². The summed E-state index contributed by atoms with van der Waals surface area (Å²) in [6.07, 6.45) is 7.01. The number of benzene rings is 1. The fourth-order valence-corrected chi connectivity index (χ4v) is 4.22. The van der Waals surface area contributed by atoms with E-state index in [1.54, 1.807) is 4.31 Å². The quantitative estimate of drug-likeness (QED) is 0.595. The van der Waals surface area contributed by atoms with Crippen LogP contribution in [0.15, 0.2) is 30.3 Å². The summed E-state index contributed by atoms with van der Waals surface area (Å²) in [5.41, 5.74) is 0.822. The van der Waals surface area contributed by atoms with Crippen LogP contribution < -0.4 is 0 Å². The van der Waals surface area contributed by atoms with Crippen LogP contribution in [0.2, 0.25) is 0 Å². The number of nitrogens with zero attached hydrogens (tertiary/aromatic N) is 1. The van der Waals surface area contributed by atoms with Crippen molar-refractivity contribution in [1.29, 1.82) is 0 Å². The Hall–Kier alpha value is -1.35. The van der Waals surface area contributed by atoms with E-state index in [9.17, 15) is 8.42 Å². The molecule has 1 saturated heterocycles. The van der Waals surface area contributed by atoms with Crippen molar-refractivity contribution in [2.75, 3.05) is 26.3 Å². The summed E-state index contributed by atoms with van der Waals surface area (Å²) >= 11 is 0. The predicted octanol–water partition coefficient (Wildman–Crippen LogP) is 1.88. The number of piperidine rings is 1. The van der Waals surface area contributed by atoms with Crippen molar-refractivity contribution >= 4 is 10.0 Å². The van der Waals surface area contributed by atoms with Crippen LogP contribution >= 0.6 is 0 Å². The molecular formula is C16H21NO3S. The highest BCUT2D eigenvalue weighted by Gasteiger charge is 2.28. The van der Waals surface area contributed by atoms with Crippen molar-refractivity contribution in [1.82, 2.24) is 4.31 Å². The lowest BCUT2D eigenvalue weighted by atomic mass is 10.0. The van der Waals surface area contributed by atoms with Crippen molar-refractivity contribution in [2.45, 2.75) is 18.6 Å². The van der Waals surface area contributed by atoms with Gasteiger partial charge in [-0.25, -0.2) is 12.7 Å². The Balaban J connectivity index is 1.95. The van der Waals surface area contributed by atoms with Crippen LogP contribution in [-0.2, 0) is 20.5 Å². The Kier molecular flexibility index (Phi) is 5.80. The number of ether oxygens (including phenoxy) is 1. The molecular weight excluding hydrogens is 286 g/mol. The molecule has 0 saturated carbocycles. The summed E-state index contributed by atoms with van der Waals surface area (Å²) in [4.78, 5) is 0. The topological polar surface area (TPSA) is 46.6 Å². The zero-order valence-electron chi connectivity index (χ0n) is 12.1. The third-order valence-electron chi connectivity index (χ3n) is 3.61. The Bertz CT molecular complexity index is 577. The fourth-order valence-electron chi connectivity index (χ4n) is 2.58. The first kappa shape index (κ1) is 16.0. The summed E-state index contributed by atoms with van der Waals surface area (Å²) in [5, 5.41) is 0. The Morgan fingerprint density at radius 2 is 2.10 bits per heavy atom. The van der Waals surface area contributed by atoms with Crippen molar-refractivity contribution in [3.8, 4) is 12.3 Å². The number of terminal acetylenes is 1. The minimum Gasteiger partial charge on any atom is -0.368 e. The molecule has 0 aromatic heterocycles. The van der Waals surface area contributed by atoms with E-state index in [2.05, 4.69) is 5.92 Å². The molecule has 5 heteroatoms. The number of hydrogen-bond donors (Lipinski definition) is 0. The van der Waals surface area contributed by atoms with Crippen molar-refractivity contribution in [3.05, 3.63) is 35.9 Å². The largest absolute Gasteiger partial charge is 0.368 e. The Morgan fingerprint density at radius 1 is 1.33 bits per heavy atom. The fraction of sp³-hybridized carbons (Fsp3) is 0.500. The van der Waals surface area contributed by atoms with Gasteiger partial charge in [-0.2, -0.15) is 0 Å². The first-order valence-electron chi connectivity index (χ1n) is 7.15. The summed E-state index contributed by atoms with van der Waals surface area (Å²) < 4.78 is 31.9. The molecule has 0 aliphatic carbocycles. The monoisotopic (exact) mass is 307 g/mol. The molecule has 1 aromatic rings. The molecule has 0 bridgehead atoms. The van der Waals surface area contributed by atoms with Gasteiger partial charge in [-0.3, -0.25) is 0 Å². The second-order valence-corrected chi connectivity index (χ2v) is 7.30. The van der Waals surface area contributed by atoms with Gasteiger partial charge < -0.3 is 4.74 Å². The van der Waals surface area contributed by atoms with E-state index in [0.717, 1.165) is 18.4 Å². The maximum Gasteiger partial charge on any atom is 0.218 e. The molecule has 21 heavy (non-hydrogen) atoms. The molecule has 0 N–H and O–H groups in total. The summed E-state index contributed by atoms with van der Waals surface area (Å²) in [7, 11) is -3.26. The molecule has 0 amide bonds. The average molecular weight is 307 g/mol. The van der Waals surface area contributed by atoms with Gasteiger partial charge in [0.25, 0.3) is 0 Å². The molecule has 0 radical (unpaired) electrons. The predicted molar refractivity (Wildman–Crippen MR) is 83.0 cm³/mol. The number of rotatable bonds is 6. The summed E-state index contributed by atoms with van der Waals surface area (Å²) in [5.74, 6) is 2.72. The highest BCUT2D eigenvalue weighted by atomic mass is 32.2. The van der Waals surface area contributed by atoms with Crippen molar-refractivity contribution < 1.29 is 13.2 Å². The van der Waals surface area contributed by atoms with Gasteiger partial charge in [0.2, 0.25) is 10.0 Å². The first-order valence-corrected chi connectivity index (χ1v) is 8.75. The molecule has 1 unspecified atom stereocenters. The molecule has 2 rings (SSSR count). The molecule has 0 spiro atoms. The minimum atomic E-state index is -3.26. The van der Waals surface area contributed by atoms with Gasteiger partial charge in [-0.05, 0) is 24.3 Å². The van der Waals surface area contributed by atoms with E-state index in [1.807, 2.05) is 30.3 Å². The zero-order valence-corrected chi connectivity index (χ0v) is 12.9. The maximum atomic E-state index is 12.5. The van der Waals surface area contributed by atoms with E-state index >= 15 is 0 Å². The smallest absolute Gasteiger partial charge is 0.218 e. The SMILES string of the molecule is C#CCOCC1CCCN(S(=O)(=O)Cc2ccccc2)C1. The lowest BCUT2D eigenvalue weighted by molar-refractivity contribution is 0.0990. The summed E-state index contributed by atoms with van der Waals surface area (Å²) in [6.45, 7) is 1.94. The van der Waals surface area contributed by atoms with Gasteiger partial charge in [0, 0.05) is 13.1 Å². The normalized spacial score (nSPS) is 20.0. The van der Waals surface area contributed by atoms with E-state index in [-0.39, 0.29) is 18.3 Å². The lowest BCUT2D eigenvalue weighted by Crippen LogP contribution is -2.41. The number of sulfonamides is 1. The third-order valence-corrected chi connectivity index (χ3v) is 5.42. The van der Waals surface area contributed by atoms with Crippen LogP contribution in [0.25, 0.3) is 0 Å². The second kappa shape index (κ2) is 7.60. The van der Waals surface area contributed by atoms with Crippen molar-refractivity contribution in [3.63, 3.8) is 0 Å². The molecule has 1 atom stereocenters. The molecule has 1 aromatic carbocycles. The average Bonchev–Trinajstić information content (AvgIpc) is 2.48. The second-order valence-electron chi connectivity index (χ2n) is 5.33. The maximum absolute atomic E-state index is 12.5. The Labute approximate surface area is 127 Å². The standard InChI is InChI=1S/C16H21NO3S/c1-2-11-20-13-16-9-6-10-17(12-16)21(18,19)14-15-7-4-3-5-8-15/h1,3-5,7-8,16H,6,9-14H2. The van der Waals surface area contributed by atoms with E-state index in [1.165, 1.54) is 0 Å². The molecule has 1 heterocycles. The van der Waals surface area contributed by atoms with E-state index in [0.29, 0.717) is 19.7 Å². The minimum absolute atomic E-state index is 0.0613. The van der Waals surface area contributed by atoms with E-state index in [4.69, 9.17) is 11.2 Å². The van der Waals surface area contributed by atoms with Gasteiger partial charge in [0.15, 0.2) is 0 Å². The third kappa shape index (κ3) is 4.85. The molecule has 1 fully saturated rings. The Morgan fingerprint density at radius 3 is 2.81 bits per heavy atom. The van der Waals surface area contributed by atoms with Gasteiger partial charge in [-0.1, -0.05) is 36.3 Å². The van der Waals surface area contributed by atoms with Crippen LogP contribution in [0.3, 0.4) is 0 Å².